The molecule has 1 unspecified atom stereocenters. The first-order chi connectivity index (χ1) is 7.88. The van der Waals surface area contributed by atoms with E-state index in [1.54, 1.807) is 0 Å². The van der Waals surface area contributed by atoms with Gasteiger partial charge in [0, 0.05) is 12.6 Å². The van der Waals surface area contributed by atoms with Crippen molar-refractivity contribution in [1.82, 2.24) is 10.2 Å². The smallest absolute Gasteiger partial charge is 0.0221 e. The van der Waals surface area contributed by atoms with Crippen LogP contribution in [0.1, 0.15) is 58.8 Å². The fourth-order valence-electron chi connectivity index (χ4n) is 2.61. The van der Waals surface area contributed by atoms with E-state index in [-0.39, 0.29) is 0 Å². The van der Waals surface area contributed by atoms with E-state index in [1.165, 1.54) is 71.1 Å². The van der Waals surface area contributed by atoms with E-state index in [2.05, 4.69) is 24.1 Å². The summed E-state index contributed by atoms with van der Waals surface area (Å²) in [6.45, 7) is 9.59. The second-order valence-electron chi connectivity index (χ2n) is 5.10. The second-order valence-corrected chi connectivity index (χ2v) is 5.10. The van der Waals surface area contributed by atoms with Crippen LogP contribution in [0.3, 0.4) is 0 Å². The molecule has 1 aliphatic heterocycles. The molecule has 0 saturated carbocycles. The number of nitrogens with one attached hydrogen (secondary N) is 1. The second kappa shape index (κ2) is 9.00. The highest BCUT2D eigenvalue weighted by Crippen LogP contribution is 2.17. The SMILES string of the molecule is CCCCCCN1CCCC1CNCCC. The summed E-state index contributed by atoms with van der Waals surface area (Å²) in [6.07, 6.45) is 9.65. The Morgan fingerprint density at radius 3 is 2.75 bits per heavy atom. The molecule has 0 radical (unpaired) electrons. The molecule has 1 aliphatic rings. The van der Waals surface area contributed by atoms with Gasteiger partial charge >= 0.3 is 0 Å². The quantitative estimate of drug-likeness (QED) is 0.608. The van der Waals surface area contributed by atoms with Gasteiger partial charge in [0.15, 0.2) is 0 Å². The molecule has 0 aliphatic carbocycles. The van der Waals surface area contributed by atoms with E-state index in [0.717, 1.165) is 6.04 Å². The normalized spacial score (nSPS) is 21.8. The van der Waals surface area contributed by atoms with Crippen molar-refractivity contribution in [3.8, 4) is 0 Å². The summed E-state index contributed by atoms with van der Waals surface area (Å²) in [5.41, 5.74) is 0. The van der Waals surface area contributed by atoms with E-state index in [4.69, 9.17) is 0 Å². The molecule has 1 fully saturated rings. The molecule has 2 heteroatoms. The highest BCUT2D eigenvalue weighted by atomic mass is 15.2. The molecule has 0 aromatic heterocycles. The lowest BCUT2D eigenvalue weighted by molar-refractivity contribution is 0.242. The molecule has 96 valence electrons. The van der Waals surface area contributed by atoms with E-state index in [0.29, 0.717) is 0 Å². The maximum absolute atomic E-state index is 3.57. The predicted molar refractivity (Wildman–Crippen MR) is 71.9 cm³/mol. The molecule has 2 nitrogen and oxygen atoms in total. The van der Waals surface area contributed by atoms with Gasteiger partial charge in [-0.3, -0.25) is 4.90 Å². The lowest BCUT2D eigenvalue weighted by atomic mass is 10.2. The van der Waals surface area contributed by atoms with Crippen LogP contribution in [0.25, 0.3) is 0 Å². The number of hydrogen-bond donors (Lipinski definition) is 1. The maximum atomic E-state index is 3.57. The number of nitrogens with zero attached hydrogens (tertiary/aromatic N) is 1. The van der Waals surface area contributed by atoms with Crippen LogP contribution >= 0.6 is 0 Å². The third-order valence-electron chi connectivity index (χ3n) is 3.60. The van der Waals surface area contributed by atoms with Gasteiger partial charge in [-0.05, 0) is 45.3 Å². The summed E-state index contributed by atoms with van der Waals surface area (Å²) in [7, 11) is 0. The fraction of sp³-hybridized carbons (Fsp3) is 1.00. The Bertz CT molecular complexity index is 159. The molecule has 0 spiro atoms. The Hall–Kier alpha value is -0.0800. The van der Waals surface area contributed by atoms with Crippen molar-refractivity contribution in [2.24, 2.45) is 0 Å². The van der Waals surface area contributed by atoms with Crippen molar-refractivity contribution in [2.75, 3.05) is 26.2 Å². The Kier molecular flexibility index (Phi) is 7.87. The van der Waals surface area contributed by atoms with Crippen molar-refractivity contribution in [2.45, 2.75) is 64.8 Å². The van der Waals surface area contributed by atoms with Gasteiger partial charge in [-0.1, -0.05) is 33.1 Å². The minimum Gasteiger partial charge on any atom is -0.315 e. The zero-order valence-corrected chi connectivity index (χ0v) is 11.3. The van der Waals surface area contributed by atoms with Crippen LogP contribution in [-0.4, -0.2) is 37.1 Å². The van der Waals surface area contributed by atoms with Crippen LogP contribution < -0.4 is 5.32 Å². The predicted octanol–water partition coefficient (Wildman–Crippen LogP) is 3.03. The Balaban J connectivity index is 2.08. The Morgan fingerprint density at radius 2 is 2.00 bits per heavy atom. The van der Waals surface area contributed by atoms with Crippen molar-refractivity contribution in [1.29, 1.82) is 0 Å². The topological polar surface area (TPSA) is 15.3 Å². The minimum atomic E-state index is 0.827. The molecule has 16 heavy (non-hydrogen) atoms. The van der Waals surface area contributed by atoms with Crippen molar-refractivity contribution in [3.63, 3.8) is 0 Å². The standard InChI is InChI=1S/C14H30N2/c1-3-5-6-7-11-16-12-8-9-14(16)13-15-10-4-2/h14-15H,3-13H2,1-2H3. The Labute approximate surface area is 102 Å². The molecule has 0 aromatic carbocycles. The van der Waals surface area contributed by atoms with Crippen molar-refractivity contribution in [3.05, 3.63) is 0 Å². The van der Waals surface area contributed by atoms with Crippen LogP contribution in [0.2, 0.25) is 0 Å². The van der Waals surface area contributed by atoms with Crippen LogP contribution in [0.5, 0.6) is 0 Å². The van der Waals surface area contributed by atoms with Gasteiger partial charge in [0.25, 0.3) is 0 Å². The molecule has 1 saturated heterocycles. The van der Waals surface area contributed by atoms with Crippen LogP contribution in [0.15, 0.2) is 0 Å². The number of likely N-dealkylation sites (tertiary alicyclic amines) is 1. The van der Waals surface area contributed by atoms with Gasteiger partial charge in [0.1, 0.15) is 0 Å². The molecular formula is C14H30N2. The summed E-state index contributed by atoms with van der Waals surface area (Å²) in [5, 5.41) is 3.57. The molecule has 1 N–H and O–H groups in total. The number of unbranched alkanes of at least 4 members (excludes halogenated alkanes) is 3. The first kappa shape index (κ1) is 14.0. The monoisotopic (exact) mass is 226 g/mol. The average Bonchev–Trinajstić information content (AvgIpc) is 2.73. The maximum Gasteiger partial charge on any atom is 0.0221 e. The van der Waals surface area contributed by atoms with Crippen molar-refractivity contribution >= 4 is 0 Å². The lowest BCUT2D eigenvalue weighted by Crippen LogP contribution is -2.38. The number of hydrogen-bond acceptors (Lipinski definition) is 2. The van der Waals surface area contributed by atoms with E-state index in [1.807, 2.05) is 0 Å². The third kappa shape index (κ3) is 5.31. The van der Waals surface area contributed by atoms with Crippen LogP contribution in [0.4, 0.5) is 0 Å². The molecule has 1 rings (SSSR count). The zero-order valence-electron chi connectivity index (χ0n) is 11.3. The summed E-state index contributed by atoms with van der Waals surface area (Å²) in [5.74, 6) is 0. The van der Waals surface area contributed by atoms with Crippen LogP contribution in [-0.2, 0) is 0 Å². The zero-order chi connectivity index (χ0) is 11.6. The molecule has 1 atom stereocenters. The molecule has 0 amide bonds. The van der Waals surface area contributed by atoms with Gasteiger partial charge in [0.2, 0.25) is 0 Å². The summed E-state index contributed by atoms with van der Waals surface area (Å²) in [6, 6.07) is 0.827. The van der Waals surface area contributed by atoms with Crippen molar-refractivity contribution < 1.29 is 0 Å². The van der Waals surface area contributed by atoms with Gasteiger partial charge in [-0.2, -0.15) is 0 Å². The van der Waals surface area contributed by atoms with Gasteiger partial charge in [-0.25, -0.2) is 0 Å². The number of rotatable bonds is 9. The van der Waals surface area contributed by atoms with Gasteiger partial charge in [-0.15, -0.1) is 0 Å². The van der Waals surface area contributed by atoms with Crippen LogP contribution in [0, 0.1) is 0 Å². The highest BCUT2D eigenvalue weighted by molar-refractivity contribution is 4.80. The molecule has 0 bridgehead atoms. The first-order valence-electron chi connectivity index (χ1n) is 7.33. The molecular weight excluding hydrogens is 196 g/mol. The highest BCUT2D eigenvalue weighted by Gasteiger charge is 2.22. The summed E-state index contributed by atoms with van der Waals surface area (Å²) in [4.78, 5) is 2.71. The lowest BCUT2D eigenvalue weighted by Gasteiger charge is -2.24. The largest absolute Gasteiger partial charge is 0.315 e. The van der Waals surface area contributed by atoms with Gasteiger partial charge < -0.3 is 5.32 Å². The van der Waals surface area contributed by atoms with E-state index < -0.39 is 0 Å². The fourth-order valence-corrected chi connectivity index (χ4v) is 2.61. The summed E-state index contributed by atoms with van der Waals surface area (Å²) < 4.78 is 0. The average molecular weight is 226 g/mol. The van der Waals surface area contributed by atoms with E-state index in [9.17, 15) is 0 Å². The molecule has 0 aromatic rings. The molecule has 1 heterocycles. The third-order valence-corrected chi connectivity index (χ3v) is 3.60. The first-order valence-corrected chi connectivity index (χ1v) is 7.33. The Morgan fingerprint density at radius 1 is 1.12 bits per heavy atom. The van der Waals surface area contributed by atoms with Gasteiger partial charge in [0.05, 0.1) is 0 Å². The summed E-state index contributed by atoms with van der Waals surface area (Å²) >= 11 is 0. The van der Waals surface area contributed by atoms with E-state index >= 15 is 0 Å². The minimum absolute atomic E-state index is 0.827.